The molecule has 0 amide bonds. The molecule has 1 saturated heterocycles. The zero-order valence-electron chi connectivity index (χ0n) is 9.75. The Kier molecular flexibility index (Phi) is 3.77. The Morgan fingerprint density at radius 1 is 1.33 bits per heavy atom. The summed E-state index contributed by atoms with van der Waals surface area (Å²) in [6, 6.07) is 5.29. The van der Waals surface area contributed by atoms with Gasteiger partial charge in [0.25, 0.3) is 0 Å². The van der Waals surface area contributed by atoms with E-state index in [1.807, 2.05) is 0 Å². The van der Waals surface area contributed by atoms with E-state index in [1.54, 1.807) is 0 Å². The van der Waals surface area contributed by atoms with Gasteiger partial charge in [0.1, 0.15) is 17.0 Å². The molecular weight excluding hydrogens is 257 g/mol. The summed E-state index contributed by atoms with van der Waals surface area (Å²) >= 11 is 0. The first-order valence-electron chi connectivity index (χ1n) is 5.75. The van der Waals surface area contributed by atoms with E-state index >= 15 is 0 Å². The van der Waals surface area contributed by atoms with E-state index in [0.29, 0.717) is 19.4 Å². The minimum absolute atomic E-state index is 0.139. The van der Waals surface area contributed by atoms with Gasteiger partial charge in [-0.3, -0.25) is 0 Å². The standard InChI is InChI=1S/C12H14FNO3S/c13-11-5-1-2-6-12(11)18(16,17)14-7-3-4-10(8-14)9-15/h1-2,5-6,9-10H,3-4,7-8H2. The molecule has 1 fully saturated rings. The number of sulfonamides is 1. The van der Waals surface area contributed by atoms with Crippen molar-refractivity contribution in [3.8, 4) is 0 Å². The molecule has 1 aliphatic heterocycles. The second kappa shape index (κ2) is 5.16. The third-order valence-corrected chi connectivity index (χ3v) is 4.97. The highest BCUT2D eigenvalue weighted by Gasteiger charge is 2.31. The van der Waals surface area contributed by atoms with Crippen LogP contribution in [0.3, 0.4) is 0 Å². The first-order chi connectivity index (χ1) is 8.55. The van der Waals surface area contributed by atoms with Gasteiger partial charge >= 0.3 is 0 Å². The first-order valence-corrected chi connectivity index (χ1v) is 7.19. The highest BCUT2D eigenvalue weighted by atomic mass is 32.2. The molecule has 1 atom stereocenters. The fourth-order valence-electron chi connectivity index (χ4n) is 2.10. The molecule has 0 aromatic heterocycles. The summed E-state index contributed by atoms with van der Waals surface area (Å²) in [4.78, 5) is 10.4. The van der Waals surface area contributed by atoms with E-state index in [0.717, 1.165) is 12.4 Å². The molecule has 1 aliphatic rings. The number of carbonyl (C=O) groups excluding carboxylic acids is 1. The number of aldehydes is 1. The Bertz CT molecular complexity index is 544. The maximum atomic E-state index is 13.5. The van der Waals surface area contributed by atoms with Crippen molar-refractivity contribution < 1.29 is 17.6 Å². The number of benzene rings is 1. The molecule has 4 nitrogen and oxygen atoms in total. The lowest BCUT2D eigenvalue weighted by Crippen LogP contribution is -2.40. The van der Waals surface area contributed by atoms with Gasteiger partial charge in [0.2, 0.25) is 10.0 Å². The summed E-state index contributed by atoms with van der Waals surface area (Å²) in [6.45, 7) is 0.473. The van der Waals surface area contributed by atoms with Crippen LogP contribution in [0, 0.1) is 11.7 Å². The van der Waals surface area contributed by atoms with Crippen molar-refractivity contribution in [1.29, 1.82) is 0 Å². The van der Waals surface area contributed by atoms with Gasteiger partial charge in [0, 0.05) is 19.0 Å². The third-order valence-electron chi connectivity index (χ3n) is 3.07. The molecule has 2 rings (SSSR count). The van der Waals surface area contributed by atoms with E-state index in [-0.39, 0.29) is 17.4 Å². The monoisotopic (exact) mass is 271 g/mol. The Labute approximate surface area is 105 Å². The highest BCUT2D eigenvalue weighted by Crippen LogP contribution is 2.24. The predicted octanol–water partition coefficient (Wildman–Crippen LogP) is 1.43. The van der Waals surface area contributed by atoms with Gasteiger partial charge in [-0.2, -0.15) is 4.31 Å². The molecule has 0 radical (unpaired) electrons. The molecule has 98 valence electrons. The Balaban J connectivity index is 2.31. The normalized spacial score (nSPS) is 21.7. The van der Waals surface area contributed by atoms with Crippen molar-refractivity contribution in [2.75, 3.05) is 13.1 Å². The van der Waals surface area contributed by atoms with Gasteiger partial charge in [0.05, 0.1) is 0 Å². The molecule has 1 heterocycles. The van der Waals surface area contributed by atoms with Crippen LogP contribution in [-0.2, 0) is 14.8 Å². The fraction of sp³-hybridized carbons (Fsp3) is 0.417. The lowest BCUT2D eigenvalue weighted by molar-refractivity contribution is -0.112. The Morgan fingerprint density at radius 2 is 2.06 bits per heavy atom. The Morgan fingerprint density at radius 3 is 2.72 bits per heavy atom. The second-order valence-corrected chi connectivity index (χ2v) is 6.24. The van der Waals surface area contributed by atoms with E-state index in [4.69, 9.17) is 0 Å². The van der Waals surface area contributed by atoms with Crippen LogP contribution in [-0.4, -0.2) is 32.1 Å². The Hall–Kier alpha value is -1.27. The number of nitrogens with zero attached hydrogens (tertiary/aromatic N) is 1. The summed E-state index contributed by atoms with van der Waals surface area (Å²) in [5.41, 5.74) is 0. The van der Waals surface area contributed by atoms with Crippen molar-refractivity contribution >= 4 is 16.3 Å². The van der Waals surface area contributed by atoms with Crippen molar-refractivity contribution in [3.05, 3.63) is 30.1 Å². The topological polar surface area (TPSA) is 54.5 Å². The van der Waals surface area contributed by atoms with Gasteiger partial charge < -0.3 is 4.79 Å². The molecule has 0 N–H and O–H groups in total. The molecule has 6 heteroatoms. The van der Waals surface area contributed by atoms with E-state index in [1.165, 1.54) is 22.5 Å². The summed E-state index contributed by atoms with van der Waals surface area (Å²) in [5, 5.41) is 0. The molecule has 1 unspecified atom stereocenters. The van der Waals surface area contributed by atoms with Crippen LogP contribution in [0.4, 0.5) is 4.39 Å². The fourth-order valence-corrected chi connectivity index (χ4v) is 3.70. The second-order valence-electron chi connectivity index (χ2n) is 4.33. The minimum atomic E-state index is -3.84. The average molecular weight is 271 g/mol. The van der Waals surface area contributed by atoms with Crippen LogP contribution >= 0.6 is 0 Å². The SMILES string of the molecule is O=CC1CCCN(S(=O)(=O)c2ccccc2F)C1. The van der Waals surface area contributed by atoms with Crippen LogP contribution in [0.25, 0.3) is 0 Å². The number of hydrogen-bond donors (Lipinski definition) is 0. The first kappa shape index (κ1) is 13.2. The maximum absolute atomic E-state index is 13.5. The van der Waals surface area contributed by atoms with E-state index in [2.05, 4.69) is 0 Å². The van der Waals surface area contributed by atoms with Gasteiger partial charge in [0.15, 0.2) is 0 Å². The van der Waals surface area contributed by atoms with Crippen molar-refractivity contribution in [2.24, 2.45) is 5.92 Å². The largest absolute Gasteiger partial charge is 0.303 e. The van der Waals surface area contributed by atoms with Gasteiger partial charge in [-0.1, -0.05) is 12.1 Å². The molecule has 18 heavy (non-hydrogen) atoms. The third kappa shape index (κ3) is 2.44. The molecule has 0 spiro atoms. The number of halogens is 1. The minimum Gasteiger partial charge on any atom is -0.303 e. The van der Waals surface area contributed by atoms with E-state index in [9.17, 15) is 17.6 Å². The van der Waals surface area contributed by atoms with Crippen LogP contribution in [0.5, 0.6) is 0 Å². The molecule has 1 aromatic carbocycles. The van der Waals surface area contributed by atoms with Crippen LogP contribution in [0.15, 0.2) is 29.2 Å². The predicted molar refractivity (Wildman–Crippen MR) is 63.9 cm³/mol. The molecular formula is C12H14FNO3S. The quantitative estimate of drug-likeness (QED) is 0.781. The van der Waals surface area contributed by atoms with Crippen LogP contribution < -0.4 is 0 Å². The van der Waals surface area contributed by atoms with Crippen molar-refractivity contribution in [1.82, 2.24) is 4.31 Å². The number of carbonyl (C=O) groups is 1. The van der Waals surface area contributed by atoms with Crippen molar-refractivity contribution in [2.45, 2.75) is 17.7 Å². The summed E-state index contributed by atoms with van der Waals surface area (Å²) in [5.74, 6) is -1.05. The van der Waals surface area contributed by atoms with Crippen LogP contribution in [0.2, 0.25) is 0 Å². The summed E-state index contributed by atoms with van der Waals surface area (Å²) in [7, 11) is -3.84. The number of hydrogen-bond acceptors (Lipinski definition) is 3. The van der Waals surface area contributed by atoms with Gasteiger partial charge in [-0.25, -0.2) is 12.8 Å². The molecule has 0 saturated carbocycles. The smallest absolute Gasteiger partial charge is 0.246 e. The van der Waals surface area contributed by atoms with Crippen LogP contribution in [0.1, 0.15) is 12.8 Å². The highest BCUT2D eigenvalue weighted by molar-refractivity contribution is 7.89. The average Bonchev–Trinajstić information content (AvgIpc) is 2.39. The zero-order chi connectivity index (χ0) is 13.2. The summed E-state index contributed by atoms with van der Waals surface area (Å²) < 4.78 is 39.2. The molecule has 0 bridgehead atoms. The van der Waals surface area contributed by atoms with E-state index < -0.39 is 15.8 Å². The zero-order valence-corrected chi connectivity index (χ0v) is 10.6. The maximum Gasteiger partial charge on any atom is 0.246 e. The van der Waals surface area contributed by atoms with Crippen molar-refractivity contribution in [3.63, 3.8) is 0 Å². The lowest BCUT2D eigenvalue weighted by Gasteiger charge is -2.29. The molecule has 0 aliphatic carbocycles. The summed E-state index contributed by atoms with van der Waals surface area (Å²) in [6.07, 6.45) is 2.08. The number of rotatable bonds is 3. The molecule has 1 aromatic rings. The lowest BCUT2D eigenvalue weighted by atomic mass is 10.0. The van der Waals surface area contributed by atoms with Gasteiger partial charge in [-0.05, 0) is 25.0 Å². The van der Waals surface area contributed by atoms with Gasteiger partial charge in [-0.15, -0.1) is 0 Å². The number of piperidine rings is 1.